The van der Waals surface area contributed by atoms with Gasteiger partial charge in [0.1, 0.15) is 11.8 Å². The summed E-state index contributed by atoms with van der Waals surface area (Å²) < 4.78 is 61.7. The number of benzene rings is 2. The molecule has 0 saturated carbocycles. The number of amides is 3. The zero-order valence-electron chi connectivity index (χ0n) is 23.3. The Kier molecular flexibility index (Phi) is 8.25. The molecule has 0 radical (unpaired) electrons. The minimum Gasteiger partial charge on any atom is -0.444 e. The van der Waals surface area contributed by atoms with Crippen LogP contribution >= 0.6 is 23.4 Å². The van der Waals surface area contributed by atoms with E-state index < -0.39 is 46.8 Å². The molecule has 0 N–H and O–H groups in total. The number of ether oxygens (including phenoxy) is 1. The minimum atomic E-state index is -4.58. The van der Waals surface area contributed by atoms with Crippen LogP contribution in [0.2, 0.25) is 5.02 Å². The number of alkyl halides is 4. The zero-order valence-corrected chi connectivity index (χ0v) is 24.9. The number of nitrogens with zero attached hydrogens (tertiary/aromatic N) is 4. The number of carbonyl (C=O) groups excluding carboxylic acids is 3. The summed E-state index contributed by atoms with van der Waals surface area (Å²) in [6.07, 6.45) is -3.60. The number of aromatic nitrogens is 2. The highest BCUT2D eigenvalue weighted by Gasteiger charge is 2.43. The second-order valence-electron chi connectivity index (χ2n) is 11.3. The molecule has 0 aliphatic carbocycles. The number of rotatable bonds is 5. The van der Waals surface area contributed by atoms with Crippen molar-refractivity contribution in [1.82, 2.24) is 19.6 Å². The van der Waals surface area contributed by atoms with Gasteiger partial charge in [0.25, 0.3) is 11.1 Å². The number of imide groups is 1. The van der Waals surface area contributed by atoms with E-state index in [1.165, 1.54) is 34.0 Å². The first-order valence-corrected chi connectivity index (χ1v) is 14.5. The summed E-state index contributed by atoms with van der Waals surface area (Å²) in [6, 6.07) is 7.89. The molecule has 3 heterocycles. The Morgan fingerprint density at radius 1 is 1.16 bits per heavy atom. The van der Waals surface area contributed by atoms with Gasteiger partial charge in [-0.3, -0.25) is 19.2 Å². The van der Waals surface area contributed by atoms with Crippen molar-refractivity contribution in [1.29, 1.82) is 0 Å². The summed E-state index contributed by atoms with van der Waals surface area (Å²) in [5.74, 6) is -0.570. The monoisotopic (exact) mass is 638 g/mol. The molecule has 2 aliphatic heterocycles. The minimum absolute atomic E-state index is 0.00577. The maximum Gasteiger partial charge on any atom is 0.416 e. The quantitative estimate of drug-likeness (QED) is 0.218. The Labute approximate surface area is 253 Å². The van der Waals surface area contributed by atoms with Gasteiger partial charge in [0.2, 0.25) is 0 Å². The van der Waals surface area contributed by atoms with Gasteiger partial charge in [-0.15, -0.1) is 0 Å². The lowest BCUT2D eigenvalue weighted by Crippen LogP contribution is -2.46. The van der Waals surface area contributed by atoms with Crippen LogP contribution in [0.4, 0.5) is 27.2 Å². The van der Waals surface area contributed by atoms with Gasteiger partial charge in [-0.1, -0.05) is 23.7 Å². The fraction of sp³-hybridized carbons (Fsp3) is 0.379. The van der Waals surface area contributed by atoms with Gasteiger partial charge in [0.15, 0.2) is 0 Å². The van der Waals surface area contributed by atoms with Crippen molar-refractivity contribution in [2.45, 2.75) is 57.7 Å². The fourth-order valence-electron chi connectivity index (χ4n) is 5.03. The van der Waals surface area contributed by atoms with Crippen molar-refractivity contribution in [2.75, 3.05) is 13.1 Å². The second kappa shape index (κ2) is 11.5. The van der Waals surface area contributed by atoms with Crippen molar-refractivity contribution >= 4 is 57.6 Å². The summed E-state index contributed by atoms with van der Waals surface area (Å²) in [7, 11) is 0. The number of halogens is 5. The lowest BCUT2D eigenvalue weighted by molar-refractivity contribution is -0.138. The summed E-state index contributed by atoms with van der Waals surface area (Å²) in [5, 5.41) is 4.29. The van der Waals surface area contributed by atoms with Crippen LogP contribution in [-0.4, -0.2) is 67.7 Å². The van der Waals surface area contributed by atoms with Crippen LogP contribution in [0.1, 0.15) is 43.9 Å². The Morgan fingerprint density at radius 3 is 2.60 bits per heavy atom. The van der Waals surface area contributed by atoms with Gasteiger partial charge in [0, 0.05) is 16.8 Å². The highest BCUT2D eigenvalue weighted by Crippen LogP contribution is 2.36. The number of likely N-dealkylation sites (tertiary alicyclic amines) is 1. The molecular weight excluding hydrogens is 612 g/mol. The molecule has 0 unspecified atom stereocenters. The third kappa shape index (κ3) is 6.82. The standard InChI is InChI=1S/C29H27ClF4N4O4S/c1-28(2,3)42-26(40)36-14-20(31)11-21(36)15-37-25(39)24(43-27(37)41)9-16-4-7-23-18(8-16)12-35-38(23)13-17-5-6-19(30)10-22(17)29(32,33)34/h4-10,12,20-21H,11,13-15H2,1-3H3/t20-,21+/m1/s1. The van der Waals surface area contributed by atoms with E-state index in [0.717, 1.165) is 22.7 Å². The highest BCUT2D eigenvalue weighted by molar-refractivity contribution is 8.18. The maximum atomic E-state index is 14.3. The van der Waals surface area contributed by atoms with E-state index in [1.807, 2.05) is 0 Å². The molecule has 2 fully saturated rings. The van der Waals surface area contributed by atoms with Gasteiger partial charge in [-0.25, -0.2) is 9.18 Å². The molecule has 43 heavy (non-hydrogen) atoms. The second-order valence-corrected chi connectivity index (χ2v) is 12.8. The lowest BCUT2D eigenvalue weighted by atomic mass is 10.1. The first-order chi connectivity index (χ1) is 20.1. The Bertz CT molecular complexity index is 1630. The van der Waals surface area contributed by atoms with Crippen LogP contribution in [-0.2, 0) is 22.3 Å². The molecule has 14 heteroatoms. The number of thioether (sulfide) groups is 1. The first-order valence-electron chi connectivity index (χ1n) is 13.3. The fourth-order valence-corrected chi connectivity index (χ4v) is 6.05. The smallest absolute Gasteiger partial charge is 0.416 e. The van der Waals surface area contributed by atoms with Gasteiger partial charge < -0.3 is 9.64 Å². The van der Waals surface area contributed by atoms with Gasteiger partial charge in [0.05, 0.1) is 47.9 Å². The van der Waals surface area contributed by atoms with Crippen LogP contribution in [0.15, 0.2) is 47.5 Å². The third-order valence-electron chi connectivity index (χ3n) is 6.92. The Hall–Kier alpha value is -3.58. The van der Waals surface area contributed by atoms with Crippen LogP contribution < -0.4 is 0 Å². The number of fused-ring (bicyclic) bond motifs is 1. The van der Waals surface area contributed by atoms with E-state index in [0.29, 0.717) is 16.5 Å². The SMILES string of the molecule is CC(C)(C)OC(=O)N1C[C@H](F)C[C@H]1CN1C(=O)SC(=Cc2ccc3c(cnn3Cc3ccc(Cl)cc3C(F)(F)F)c2)C1=O. The van der Waals surface area contributed by atoms with Crippen LogP contribution in [0.3, 0.4) is 0 Å². The summed E-state index contributed by atoms with van der Waals surface area (Å²) in [4.78, 5) is 40.9. The molecule has 1 aromatic heterocycles. The molecule has 2 aliphatic rings. The van der Waals surface area contributed by atoms with Gasteiger partial charge >= 0.3 is 12.3 Å². The molecule has 0 spiro atoms. The van der Waals surface area contributed by atoms with Crippen molar-refractivity contribution in [3.8, 4) is 0 Å². The first kappa shape index (κ1) is 30.9. The molecular formula is C29H27ClF4N4O4S. The average molecular weight is 639 g/mol. The highest BCUT2D eigenvalue weighted by atomic mass is 35.5. The summed E-state index contributed by atoms with van der Waals surface area (Å²) in [5.41, 5.74) is -0.491. The van der Waals surface area contributed by atoms with Crippen molar-refractivity contribution < 1.29 is 36.7 Å². The van der Waals surface area contributed by atoms with Gasteiger partial charge in [-0.05, 0) is 74.0 Å². The van der Waals surface area contributed by atoms with E-state index in [9.17, 15) is 31.9 Å². The van der Waals surface area contributed by atoms with Crippen molar-refractivity contribution in [3.05, 3.63) is 69.2 Å². The average Bonchev–Trinajstić information content (AvgIpc) is 3.55. The molecule has 0 bridgehead atoms. The lowest BCUT2D eigenvalue weighted by Gasteiger charge is -2.29. The number of hydrogen-bond acceptors (Lipinski definition) is 6. The van der Waals surface area contributed by atoms with Crippen LogP contribution in [0.5, 0.6) is 0 Å². The van der Waals surface area contributed by atoms with E-state index in [2.05, 4.69) is 5.10 Å². The molecule has 3 amide bonds. The van der Waals surface area contributed by atoms with Crippen LogP contribution in [0.25, 0.3) is 17.0 Å². The Morgan fingerprint density at radius 2 is 1.91 bits per heavy atom. The zero-order chi connectivity index (χ0) is 31.3. The molecule has 2 atom stereocenters. The molecule has 3 aromatic rings. The number of hydrogen-bond donors (Lipinski definition) is 0. The summed E-state index contributed by atoms with van der Waals surface area (Å²) >= 11 is 6.52. The van der Waals surface area contributed by atoms with E-state index >= 15 is 0 Å². The maximum absolute atomic E-state index is 14.3. The van der Waals surface area contributed by atoms with Crippen molar-refractivity contribution in [3.63, 3.8) is 0 Å². The summed E-state index contributed by atoms with van der Waals surface area (Å²) in [6.45, 7) is 4.57. The van der Waals surface area contributed by atoms with Gasteiger partial charge in [-0.2, -0.15) is 18.3 Å². The Balaban J connectivity index is 1.32. The molecule has 5 rings (SSSR count). The number of carbonyl (C=O) groups is 3. The largest absolute Gasteiger partial charge is 0.444 e. The molecule has 228 valence electrons. The molecule has 2 aromatic carbocycles. The molecule has 8 nitrogen and oxygen atoms in total. The van der Waals surface area contributed by atoms with Crippen molar-refractivity contribution in [2.24, 2.45) is 0 Å². The molecule has 2 saturated heterocycles. The normalized spacial score (nSPS) is 20.6. The third-order valence-corrected chi connectivity index (χ3v) is 8.06. The van der Waals surface area contributed by atoms with E-state index in [-0.39, 0.29) is 41.5 Å². The van der Waals surface area contributed by atoms with E-state index in [1.54, 1.807) is 39.0 Å². The van der Waals surface area contributed by atoms with E-state index in [4.69, 9.17) is 16.3 Å². The predicted molar refractivity (Wildman–Crippen MR) is 154 cm³/mol. The topological polar surface area (TPSA) is 84.7 Å². The van der Waals surface area contributed by atoms with Crippen LogP contribution in [0, 0.1) is 0 Å². The predicted octanol–water partition coefficient (Wildman–Crippen LogP) is 7.14.